The molecule has 6 heteroatoms. The largest absolute Gasteiger partial charge is 0.496 e. The molecule has 0 radical (unpaired) electrons. The molecule has 1 aromatic heterocycles. The Hall–Kier alpha value is -3.12. The maximum absolute atomic E-state index is 12.7. The van der Waals surface area contributed by atoms with E-state index in [2.05, 4.69) is 52.2 Å². The summed E-state index contributed by atoms with van der Waals surface area (Å²) < 4.78 is 12.0. The van der Waals surface area contributed by atoms with Crippen LogP contribution in [0.15, 0.2) is 69.6 Å². The molecular formula is C25H23BrN2O3. The number of anilines is 1. The van der Waals surface area contributed by atoms with Crippen LogP contribution in [0.2, 0.25) is 0 Å². The molecule has 0 fully saturated rings. The molecule has 4 rings (SSSR count). The van der Waals surface area contributed by atoms with E-state index in [9.17, 15) is 4.79 Å². The number of rotatable bonds is 6. The van der Waals surface area contributed by atoms with Crippen molar-refractivity contribution in [2.24, 2.45) is 0 Å². The van der Waals surface area contributed by atoms with Crippen molar-refractivity contribution in [3.8, 4) is 17.2 Å². The number of aromatic nitrogens is 1. The Morgan fingerprint density at radius 1 is 1.13 bits per heavy atom. The monoisotopic (exact) mass is 478 g/mol. The lowest BCUT2D eigenvalue weighted by Gasteiger charge is -2.10. The molecule has 1 amide bonds. The van der Waals surface area contributed by atoms with Gasteiger partial charge in [0.2, 0.25) is 5.89 Å². The number of carbonyl (C=O) groups excluding carboxylic acids is 1. The summed E-state index contributed by atoms with van der Waals surface area (Å²) >= 11 is 3.39. The summed E-state index contributed by atoms with van der Waals surface area (Å²) in [5, 5.41) is 2.90. The fourth-order valence-electron chi connectivity index (χ4n) is 3.36. The Bertz CT molecular complexity index is 1230. The van der Waals surface area contributed by atoms with Gasteiger partial charge < -0.3 is 14.5 Å². The van der Waals surface area contributed by atoms with Crippen molar-refractivity contribution in [1.29, 1.82) is 0 Å². The molecule has 0 saturated heterocycles. The number of hydrogen-bond acceptors (Lipinski definition) is 4. The van der Waals surface area contributed by atoms with Gasteiger partial charge >= 0.3 is 0 Å². The third-order valence-corrected chi connectivity index (χ3v) is 5.88. The van der Waals surface area contributed by atoms with Gasteiger partial charge in [-0.05, 0) is 72.5 Å². The van der Waals surface area contributed by atoms with Gasteiger partial charge in [-0.25, -0.2) is 4.98 Å². The zero-order chi connectivity index (χ0) is 22.0. The van der Waals surface area contributed by atoms with Crippen LogP contribution in [0.25, 0.3) is 22.6 Å². The second-order valence-electron chi connectivity index (χ2n) is 7.43. The average Bonchev–Trinajstić information content (AvgIpc) is 3.22. The van der Waals surface area contributed by atoms with Crippen LogP contribution < -0.4 is 10.1 Å². The first-order valence-corrected chi connectivity index (χ1v) is 10.9. The van der Waals surface area contributed by atoms with E-state index in [0.29, 0.717) is 28.8 Å². The molecule has 31 heavy (non-hydrogen) atoms. The van der Waals surface area contributed by atoms with E-state index in [1.54, 1.807) is 19.2 Å². The van der Waals surface area contributed by atoms with E-state index in [-0.39, 0.29) is 5.91 Å². The Labute approximate surface area is 189 Å². The van der Waals surface area contributed by atoms with Gasteiger partial charge in [-0.1, -0.05) is 35.8 Å². The second kappa shape index (κ2) is 8.94. The number of benzene rings is 3. The summed E-state index contributed by atoms with van der Waals surface area (Å²) in [5.41, 5.74) is 4.85. The number of fused-ring (bicyclic) bond motifs is 1. The molecule has 0 spiro atoms. The summed E-state index contributed by atoms with van der Waals surface area (Å²) in [6.07, 6.45) is 1.08. The maximum Gasteiger partial charge on any atom is 0.259 e. The normalized spacial score (nSPS) is 12.0. The Balaban J connectivity index is 1.54. The molecule has 0 aliphatic carbocycles. The molecular weight excluding hydrogens is 456 g/mol. The average molecular weight is 479 g/mol. The first kappa shape index (κ1) is 21.1. The number of nitrogens with one attached hydrogen (secondary N) is 1. The lowest BCUT2D eigenvalue weighted by molar-refractivity contribution is 0.102. The summed E-state index contributed by atoms with van der Waals surface area (Å²) in [5.74, 6) is 1.31. The third-order valence-electron chi connectivity index (χ3n) is 5.39. The van der Waals surface area contributed by atoms with Crippen LogP contribution in [-0.4, -0.2) is 18.0 Å². The van der Waals surface area contributed by atoms with E-state index < -0.39 is 0 Å². The smallest absolute Gasteiger partial charge is 0.259 e. The van der Waals surface area contributed by atoms with Gasteiger partial charge in [-0.2, -0.15) is 0 Å². The quantitative estimate of drug-likeness (QED) is 0.322. The molecule has 158 valence electrons. The lowest BCUT2D eigenvalue weighted by atomic mass is 9.98. The van der Waals surface area contributed by atoms with Crippen LogP contribution in [0.5, 0.6) is 5.75 Å². The Morgan fingerprint density at radius 3 is 2.61 bits per heavy atom. The molecule has 1 atom stereocenters. The first-order valence-electron chi connectivity index (χ1n) is 10.1. The molecule has 5 nitrogen and oxygen atoms in total. The van der Waals surface area contributed by atoms with Gasteiger partial charge in [0.25, 0.3) is 5.91 Å². The molecule has 0 aliphatic heterocycles. The molecule has 4 aromatic rings. The van der Waals surface area contributed by atoms with Gasteiger partial charge in [-0.15, -0.1) is 0 Å². The van der Waals surface area contributed by atoms with Gasteiger partial charge in [-0.3, -0.25) is 4.79 Å². The highest BCUT2D eigenvalue weighted by Gasteiger charge is 2.14. The van der Waals surface area contributed by atoms with Gasteiger partial charge in [0.1, 0.15) is 11.3 Å². The first-order chi connectivity index (χ1) is 15.0. The third kappa shape index (κ3) is 4.49. The minimum absolute atomic E-state index is 0.245. The zero-order valence-corrected chi connectivity index (χ0v) is 19.2. The van der Waals surface area contributed by atoms with Crippen molar-refractivity contribution in [1.82, 2.24) is 4.98 Å². The van der Waals surface area contributed by atoms with Crippen LogP contribution in [0.3, 0.4) is 0 Å². The van der Waals surface area contributed by atoms with Crippen LogP contribution in [-0.2, 0) is 0 Å². The minimum Gasteiger partial charge on any atom is -0.496 e. The number of carbonyl (C=O) groups is 1. The number of amides is 1. The highest BCUT2D eigenvalue weighted by atomic mass is 79.9. The van der Waals surface area contributed by atoms with Crippen LogP contribution >= 0.6 is 15.9 Å². The Morgan fingerprint density at radius 2 is 1.90 bits per heavy atom. The minimum atomic E-state index is -0.245. The van der Waals surface area contributed by atoms with E-state index in [1.807, 2.05) is 36.4 Å². The standard InChI is InChI=1S/C25H23BrN2O3/c1-4-15(2)17-7-11-23-21(13-17)28-25(31-23)16-5-9-19(10-6-16)27-24(29)20-14-18(26)8-12-22(20)30-3/h5-15H,4H2,1-3H3,(H,27,29). The number of nitrogens with zero attached hydrogens (tertiary/aromatic N) is 1. The van der Waals surface area contributed by atoms with Crippen LogP contribution in [0.4, 0.5) is 5.69 Å². The number of hydrogen-bond donors (Lipinski definition) is 1. The van der Waals surface area contributed by atoms with Gasteiger partial charge in [0.05, 0.1) is 12.7 Å². The summed E-state index contributed by atoms with van der Waals surface area (Å²) in [6.45, 7) is 4.38. The van der Waals surface area contributed by atoms with Crippen molar-refractivity contribution in [2.75, 3.05) is 12.4 Å². The van der Waals surface area contributed by atoms with E-state index in [1.165, 1.54) is 5.56 Å². The summed E-state index contributed by atoms with van der Waals surface area (Å²) in [6, 6.07) is 18.9. The topological polar surface area (TPSA) is 64.4 Å². The Kier molecular flexibility index (Phi) is 6.09. The number of oxazole rings is 1. The van der Waals surface area contributed by atoms with E-state index in [0.717, 1.165) is 27.6 Å². The number of methoxy groups -OCH3 is 1. The van der Waals surface area contributed by atoms with E-state index in [4.69, 9.17) is 9.15 Å². The molecule has 0 saturated carbocycles. The molecule has 3 aromatic carbocycles. The van der Waals surface area contributed by atoms with Gasteiger partial charge in [0, 0.05) is 15.7 Å². The van der Waals surface area contributed by atoms with Gasteiger partial charge in [0.15, 0.2) is 5.58 Å². The molecule has 0 aliphatic rings. The molecule has 1 N–H and O–H groups in total. The van der Waals surface area contributed by atoms with E-state index >= 15 is 0 Å². The van der Waals surface area contributed by atoms with Crippen molar-refractivity contribution in [3.63, 3.8) is 0 Å². The molecule has 1 heterocycles. The zero-order valence-electron chi connectivity index (χ0n) is 17.6. The van der Waals surface area contributed by atoms with Crippen molar-refractivity contribution in [3.05, 3.63) is 76.3 Å². The highest BCUT2D eigenvalue weighted by Crippen LogP contribution is 2.29. The fraction of sp³-hybridized carbons (Fsp3) is 0.200. The predicted octanol–water partition coefficient (Wildman–Crippen LogP) is 7.03. The summed E-state index contributed by atoms with van der Waals surface area (Å²) in [7, 11) is 1.54. The molecule has 0 bridgehead atoms. The maximum atomic E-state index is 12.7. The lowest BCUT2D eigenvalue weighted by Crippen LogP contribution is -2.13. The molecule has 1 unspecified atom stereocenters. The number of ether oxygens (including phenoxy) is 1. The second-order valence-corrected chi connectivity index (χ2v) is 8.35. The highest BCUT2D eigenvalue weighted by molar-refractivity contribution is 9.10. The number of halogens is 1. The van der Waals surface area contributed by atoms with Crippen LogP contribution in [0, 0.1) is 0 Å². The van der Waals surface area contributed by atoms with Crippen molar-refractivity contribution in [2.45, 2.75) is 26.2 Å². The summed E-state index contributed by atoms with van der Waals surface area (Å²) in [4.78, 5) is 17.3. The fourth-order valence-corrected chi connectivity index (χ4v) is 3.72. The van der Waals surface area contributed by atoms with Crippen molar-refractivity contribution < 1.29 is 13.9 Å². The van der Waals surface area contributed by atoms with Crippen molar-refractivity contribution >= 4 is 38.6 Å². The SMILES string of the molecule is CCC(C)c1ccc2oc(-c3ccc(NC(=O)c4cc(Br)ccc4OC)cc3)nc2c1. The van der Waals surface area contributed by atoms with Crippen LogP contribution in [0.1, 0.15) is 42.1 Å². The predicted molar refractivity (Wildman–Crippen MR) is 127 cm³/mol.